The molecule has 2 heteroatoms. The highest BCUT2D eigenvalue weighted by Gasteiger charge is 2.60. The molecule has 1 saturated heterocycles. The first-order valence-corrected chi connectivity index (χ1v) is 8.86. The lowest BCUT2D eigenvalue weighted by Crippen LogP contribution is -2.63. The molecule has 4 rings (SSSR count). The van der Waals surface area contributed by atoms with Gasteiger partial charge in [-0.3, -0.25) is 9.69 Å². The summed E-state index contributed by atoms with van der Waals surface area (Å²) in [5.41, 5.74) is 4.37. The van der Waals surface area contributed by atoms with Gasteiger partial charge in [0.15, 0.2) is 0 Å². The van der Waals surface area contributed by atoms with Crippen LogP contribution >= 0.6 is 0 Å². The van der Waals surface area contributed by atoms with E-state index in [0.717, 1.165) is 28.1 Å². The molecule has 0 spiro atoms. The second kappa shape index (κ2) is 6.30. The molecule has 0 unspecified atom stereocenters. The number of carbonyl (C=O) groups excluding carboxylic acids is 1. The highest BCUT2D eigenvalue weighted by molar-refractivity contribution is 6.17. The van der Waals surface area contributed by atoms with Gasteiger partial charge in [0, 0.05) is 11.4 Å². The number of benzene rings is 3. The number of hydrogen-bond acceptors (Lipinski definition) is 1. The monoisotopic (exact) mass is 339 g/mol. The number of amides is 1. The third-order valence-electron chi connectivity index (χ3n) is 5.00. The molecule has 3 aromatic carbocycles. The summed E-state index contributed by atoms with van der Waals surface area (Å²) in [6, 6.07) is 30.1. The molecule has 0 N–H and O–H groups in total. The van der Waals surface area contributed by atoms with Gasteiger partial charge < -0.3 is 0 Å². The van der Waals surface area contributed by atoms with Crippen molar-refractivity contribution in [2.45, 2.75) is 19.3 Å². The van der Waals surface area contributed by atoms with Gasteiger partial charge in [-0.05, 0) is 37.1 Å². The van der Waals surface area contributed by atoms with E-state index in [1.165, 1.54) is 0 Å². The Morgan fingerprint density at radius 1 is 0.692 bits per heavy atom. The van der Waals surface area contributed by atoms with Crippen molar-refractivity contribution in [2.75, 3.05) is 4.90 Å². The van der Waals surface area contributed by atoms with Crippen molar-refractivity contribution in [3.05, 3.63) is 113 Å². The molecular formula is C24H21NO. The zero-order chi connectivity index (χ0) is 18.1. The van der Waals surface area contributed by atoms with E-state index in [9.17, 15) is 4.79 Å². The lowest BCUT2D eigenvalue weighted by Gasteiger charge is -2.52. The minimum atomic E-state index is -0.753. The molecule has 1 aliphatic rings. The third-order valence-corrected chi connectivity index (χ3v) is 5.00. The maximum atomic E-state index is 13.7. The van der Waals surface area contributed by atoms with E-state index in [2.05, 4.69) is 38.1 Å². The summed E-state index contributed by atoms with van der Waals surface area (Å²) in [6.45, 7) is 4.16. The summed E-state index contributed by atoms with van der Waals surface area (Å²) < 4.78 is 0. The number of nitrogens with zero attached hydrogens (tertiary/aromatic N) is 1. The Morgan fingerprint density at radius 3 is 1.54 bits per heavy atom. The molecular weight excluding hydrogens is 318 g/mol. The fourth-order valence-electron chi connectivity index (χ4n) is 3.97. The summed E-state index contributed by atoms with van der Waals surface area (Å²) in [5.74, 6) is 0.0947. The van der Waals surface area contributed by atoms with Crippen molar-refractivity contribution in [3.8, 4) is 0 Å². The van der Waals surface area contributed by atoms with E-state index >= 15 is 0 Å². The van der Waals surface area contributed by atoms with E-state index in [4.69, 9.17) is 0 Å². The second-order valence-electron chi connectivity index (χ2n) is 6.81. The van der Waals surface area contributed by atoms with Crippen molar-refractivity contribution in [1.29, 1.82) is 0 Å². The van der Waals surface area contributed by atoms with E-state index in [1.807, 2.05) is 71.6 Å². The quantitative estimate of drug-likeness (QED) is 0.592. The number of rotatable bonds is 3. The number of carbonyl (C=O) groups is 1. The van der Waals surface area contributed by atoms with Crippen LogP contribution in [0.25, 0.3) is 0 Å². The molecule has 2 nitrogen and oxygen atoms in total. The van der Waals surface area contributed by atoms with Crippen LogP contribution in [-0.2, 0) is 10.2 Å². The Balaban J connectivity index is 1.98. The van der Waals surface area contributed by atoms with Crippen molar-refractivity contribution in [3.63, 3.8) is 0 Å². The largest absolute Gasteiger partial charge is 0.282 e. The first-order chi connectivity index (χ1) is 12.7. The van der Waals surface area contributed by atoms with Crippen LogP contribution in [0.2, 0.25) is 0 Å². The fourth-order valence-corrected chi connectivity index (χ4v) is 3.97. The van der Waals surface area contributed by atoms with Crippen molar-refractivity contribution < 1.29 is 4.79 Å². The zero-order valence-electron chi connectivity index (χ0n) is 15.0. The number of allylic oxidation sites excluding steroid dienone is 1. The maximum Gasteiger partial charge on any atom is 0.252 e. The van der Waals surface area contributed by atoms with Crippen LogP contribution in [0.5, 0.6) is 0 Å². The smallest absolute Gasteiger partial charge is 0.252 e. The van der Waals surface area contributed by atoms with Gasteiger partial charge in [-0.1, -0.05) is 84.4 Å². The van der Waals surface area contributed by atoms with Crippen molar-refractivity contribution in [1.82, 2.24) is 0 Å². The summed E-state index contributed by atoms with van der Waals surface area (Å²) in [6.07, 6.45) is 0. The molecule has 0 radical (unpaired) electrons. The van der Waals surface area contributed by atoms with Gasteiger partial charge >= 0.3 is 0 Å². The van der Waals surface area contributed by atoms with Crippen LogP contribution in [-0.4, -0.2) is 5.91 Å². The molecule has 128 valence electrons. The fraction of sp³-hybridized carbons (Fsp3) is 0.125. The van der Waals surface area contributed by atoms with E-state index in [1.54, 1.807) is 0 Å². The topological polar surface area (TPSA) is 20.3 Å². The lowest BCUT2D eigenvalue weighted by molar-refractivity contribution is -0.125. The van der Waals surface area contributed by atoms with Gasteiger partial charge in [0.2, 0.25) is 0 Å². The Bertz CT molecular complexity index is 915. The van der Waals surface area contributed by atoms with E-state index in [0.29, 0.717) is 0 Å². The molecule has 3 aromatic rings. The Hall–Kier alpha value is -3.13. The molecule has 0 bridgehead atoms. The van der Waals surface area contributed by atoms with Gasteiger partial charge in [-0.25, -0.2) is 0 Å². The Morgan fingerprint density at radius 2 is 1.12 bits per heavy atom. The molecule has 0 saturated carbocycles. The molecule has 0 atom stereocenters. The summed E-state index contributed by atoms with van der Waals surface area (Å²) in [4.78, 5) is 15.5. The highest BCUT2D eigenvalue weighted by Crippen LogP contribution is 2.53. The van der Waals surface area contributed by atoms with E-state index < -0.39 is 5.41 Å². The molecule has 26 heavy (non-hydrogen) atoms. The minimum absolute atomic E-state index is 0.0947. The number of hydrogen-bond donors (Lipinski definition) is 0. The number of anilines is 1. The first-order valence-electron chi connectivity index (χ1n) is 8.86. The number of para-hydroxylation sites is 1. The molecule has 0 aliphatic carbocycles. The Kier molecular flexibility index (Phi) is 3.96. The SMILES string of the molecule is CC(C)=C1N(c2ccccc2)C(=O)C1(c1ccccc1)c1ccccc1. The summed E-state index contributed by atoms with van der Waals surface area (Å²) in [7, 11) is 0. The molecule has 0 aromatic heterocycles. The third kappa shape index (κ3) is 2.22. The molecule has 1 aliphatic heterocycles. The molecule has 1 amide bonds. The summed E-state index contributed by atoms with van der Waals surface area (Å²) >= 11 is 0. The average molecular weight is 339 g/mol. The van der Waals surface area contributed by atoms with Crippen LogP contribution in [0.1, 0.15) is 25.0 Å². The van der Waals surface area contributed by atoms with Crippen LogP contribution in [0, 0.1) is 0 Å². The van der Waals surface area contributed by atoms with Crippen LogP contribution in [0.4, 0.5) is 5.69 Å². The van der Waals surface area contributed by atoms with Crippen LogP contribution in [0.15, 0.2) is 102 Å². The standard InChI is InChI=1S/C24H21NO/c1-18(2)22-24(19-12-6-3-7-13-19,20-14-8-4-9-15-20)23(26)25(22)21-16-10-5-11-17-21/h3-17H,1-2H3. The van der Waals surface area contributed by atoms with Gasteiger partial charge in [0.1, 0.15) is 5.41 Å². The van der Waals surface area contributed by atoms with Gasteiger partial charge in [-0.2, -0.15) is 0 Å². The normalized spacial score (nSPS) is 15.5. The van der Waals surface area contributed by atoms with Crippen molar-refractivity contribution in [2.24, 2.45) is 0 Å². The van der Waals surface area contributed by atoms with Gasteiger partial charge in [0.25, 0.3) is 5.91 Å². The van der Waals surface area contributed by atoms with Crippen molar-refractivity contribution >= 4 is 11.6 Å². The predicted octanol–water partition coefficient (Wildman–Crippen LogP) is 5.31. The van der Waals surface area contributed by atoms with Crippen LogP contribution < -0.4 is 4.90 Å². The zero-order valence-corrected chi connectivity index (χ0v) is 15.0. The molecule has 1 fully saturated rings. The average Bonchev–Trinajstić information content (AvgIpc) is 2.68. The van der Waals surface area contributed by atoms with Gasteiger partial charge in [0.05, 0.1) is 0 Å². The highest BCUT2D eigenvalue weighted by atomic mass is 16.2. The van der Waals surface area contributed by atoms with Crippen LogP contribution in [0.3, 0.4) is 0 Å². The Labute approximate surface area is 154 Å². The minimum Gasteiger partial charge on any atom is -0.282 e. The van der Waals surface area contributed by atoms with E-state index in [-0.39, 0.29) is 5.91 Å². The molecule has 1 heterocycles. The first kappa shape index (κ1) is 16.3. The lowest BCUT2D eigenvalue weighted by atomic mass is 9.63. The summed E-state index contributed by atoms with van der Waals surface area (Å²) in [5, 5.41) is 0. The second-order valence-corrected chi connectivity index (χ2v) is 6.81. The van der Waals surface area contributed by atoms with Gasteiger partial charge in [-0.15, -0.1) is 0 Å². The number of β-lactam (4-membered cyclic amide) rings is 1. The maximum absolute atomic E-state index is 13.7. The predicted molar refractivity (Wildman–Crippen MR) is 106 cm³/mol.